The Hall–Kier alpha value is -0.550. The van der Waals surface area contributed by atoms with Crippen LogP contribution in [0.5, 0.6) is 5.88 Å². The molecule has 0 radical (unpaired) electrons. The van der Waals surface area contributed by atoms with Crippen molar-refractivity contribution in [2.45, 2.75) is 0 Å². The van der Waals surface area contributed by atoms with Gasteiger partial charge in [-0.05, 0) is 12.2 Å². The fraction of sp³-hybridized carbons (Fsp3) is 0. The smallest absolute Gasteiger partial charge is 0.222 e. The number of nitrogen functional groups attached to an aromatic ring is 1. The second kappa shape index (κ2) is 1.75. The Bertz CT molecular complexity index is 238. The summed E-state index contributed by atoms with van der Waals surface area (Å²) >= 11 is 5.90. The van der Waals surface area contributed by atoms with Crippen LogP contribution in [0.1, 0.15) is 0 Å². The van der Waals surface area contributed by atoms with E-state index in [1.807, 2.05) is 0 Å². The third-order valence-corrected chi connectivity index (χ3v) is 1.92. The molecule has 0 aromatic carbocycles. The van der Waals surface area contributed by atoms with E-state index >= 15 is 0 Å². The first-order chi connectivity index (χ1) is 3.72. The van der Waals surface area contributed by atoms with Gasteiger partial charge in [-0.1, -0.05) is 0 Å². The van der Waals surface area contributed by atoms with E-state index in [4.69, 9.17) is 10.9 Å². The molecular weight excluding hydrogens is 144 g/mol. The fourth-order valence-electron chi connectivity index (χ4n) is 0.310. The summed E-state index contributed by atoms with van der Waals surface area (Å²) in [6, 6.07) is 0. The molecule has 0 aliphatic heterocycles. The predicted molar refractivity (Wildman–Crippen MR) is 35.0 cm³/mol. The van der Waals surface area contributed by atoms with Gasteiger partial charge in [0.1, 0.15) is 0 Å². The van der Waals surface area contributed by atoms with E-state index in [1.165, 1.54) is 16.7 Å². The molecule has 3 N–H and O–H groups in total. The van der Waals surface area contributed by atoms with E-state index in [0.717, 1.165) is 4.68 Å². The van der Waals surface area contributed by atoms with Crippen molar-refractivity contribution in [1.29, 1.82) is 0 Å². The average molecular weight is 148 g/mol. The highest BCUT2D eigenvalue weighted by atomic mass is 32.1. The van der Waals surface area contributed by atoms with Gasteiger partial charge in [0.05, 0.1) is 5.38 Å². The van der Waals surface area contributed by atoms with Crippen molar-refractivity contribution >= 4 is 23.6 Å². The summed E-state index contributed by atoms with van der Waals surface area (Å²) in [6.45, 7) is 0. The number of nitrogens with two attached hydrogens (primary N) is 1. The summed E-state index contributed by atoms with van der Waals surface area (Å²) < 4.78 is 1.53. The van der Waals surface area contributed by atoms with E-state index in [-0.39, 0.29) is 5.88 Å². The molecule has 0 saturated carbocycles. The lowest BCUT2D eigenvalue weighted by Gasteiger charge is -1.88. The Balaban J connectivity index is 3.41. The molecule has 0 bridgehead atoms. The third kappa shape index (κ3) is 0.696. The molecule has 0 aliphatic carbocycles. The standard InChI is InChI=1S/C3H4N2OS2/c4-5-2(6)1-8-3(5)7/h1,6H,4H2. The molecule has 0 unspecified atom stereocenters. The lowest BCUT2D eigenvalue weighted by atomic mass is 10.9. The van der Waals surface area contributed by atoms with Crippen LogP contribution in [0, 0.1) is 3.95 Å². The van der Waals surface area contributed by atoms with Gasteiger partial charge in [-0.3, -0.25) is 0 Å². The monoisotopic (exact) mass is 148 g/mol. The van der Waals surface area contributed by atoms with Crippen LogP contribution >= 0.6 is 23.6 Å². The summed E-state index contributed by atoms with van der Waals surface area (Å²) in [5.41, 5.74) is 0. The van der Waals surface area contributed by atoms with E-state index in [0.29, 0.717) is 3.95 Å². The second-order valence-electron chi connectivity index (χ2n) is 1.23. The molecule has 1 aromatic heterocycles. The maximum absolute atomic E-state index is 8.72. The summed E-state index contributed by atoms with van der Waals surface area (Å²) in [5, 5.41) is 10.2. The molecule has 0 atom stereocenters. The SMILES string of the molecule is Nn1c(O)csc1=S. The van der Waals surface area contributed by atoms with Gasteiger partial charge >= 0.3 is 0 Å². The van der Waals surface area contributed by atoms with E-state index in [2.05, 4.69) is 12.2 Å². The number of rotatable bonds is 0. The van der Waals surface area contributed by atoms with Crippen LogP contribution in [0.25, 0.3) is 0 Å². The molecule has 5 heteroatoms. The first kappa shape index (κ1) is 5.58. The Morgan fingerprint density at radius 1 is 1.88 bits per heavy atom. The van der Waals surface area contributed by atoms with Gasteiger partial charge in [0.25, 0.3) is 0 Å². The molecule has 0 aliphatic rings. The zero-order valence-corrected chi connectivity index (χ0v) is 5.50. The zero-order valence-electron chi connectivity index (χ0n) is 3.87. The quantitative estimate of drug-likeness (QED) is 0.420. The lowest BCUT2D eigenvalue weighted by Crippen LogP contribution is -2.05. The Morgan fingerprint density at radius 2 is 2.50 bits per heavy atom. The molecule has 8 heavy (non-hydrogen) atoms. The number of aromatic nitrogens is 1. The molecule has 1 rings (SSSR count). The number of nitrogens with zero attached hydrogens (tertiary/aromatic N) is 1. The summed E-state index contributed by atoms with van der Waals surface area (Å²) in [5.74, 6) is 5.19. The second-order valence-corrected chi connectivity index (χ2v) is 2.73. The molecule has 1 aromatic rings. The molecule has 0 saturated heterocycles. The highest BCUT2D eigenvalue weighted by Gasteiger charge is 1.93. The average Bonchev–Trinajstić information content (AvgIpc) is 1.98. The molecule has 3 nitrogen and oxygen atoms in total. The maximum Gasteiger partial charge on any atom is 0.222 e. The maximum atomic E-state index is 8.72. The van der Waals surface area contributed by atoms with Crippen molar-refractivity contribution < 1.29 is 5.11 Å². The minimum absolute atomic E-state index is 0.0139. The van der Waals surface area contributed by atoms with Crippen LogP contribution in [-0.2, 0) is 0 Å². The van der Waals surface area contributed by atoms with E-state index < -0.39 is 0 Å². The van der Waals surface area contributed by atoms with Gasteiger partial charge in [-0.25, -0.2) is 4.68 Å². The van der Waals surface area contributed by atoms with Crippen molar-refractivity contribution in [3.63, 3.8) is 0 Å². The van der Waals surface area contributed by atoms with Gasteiger partial charge in [0.15, 0.2) is 3.95 Å². The molecule has 0 fully saturated rings. The van der Waals surface area contributed by atoms with Crippen molar-refractivity contribution in [2.75, 3.05) is 5.84 Å². The lowest BCUT2D eigenvalue weighted by molar-refractivity contribution is 0.437. The molecule has 44 valence electrons. The number of hydrogen-bond donors (Lipinski definition) is 2. The largest absolute Gasteiger partial charge is 0.493 e. The number of thiazole rings is 1. The van der Waals surface area contributed by atoms with Crippen molar-refractivity contribution in [3.05, 3.63) is 9.33 Å². The minimum atomic E-state index is 0.0139. The topological polar surface area (TPSA) is 51.2 Å². The van der Waals surface area contributed by atoms with Gasteiger partial charge < -0.3 is 10.9 Å². The molecular formula is C3H4N2OS2. The first-order valence-corrected chi connectivity index (χ1v) is 3.15. The Labute approximate surface area is 55.0 Å². The summed E-state index contributed by atoms with van der Waals surface area (Å²) in [6.07, 6.45) is 0. The van der Waals surface area contributed by atoms with Crippen LogP contribution in [0.15, 0.2) is 5.38 Å². The van der Waals surface area contributed by atoms with Gasteiger partial charge in [-0.15, -0.1) is 11.3 Å². The predicted octanol–water partition coefficient (Wildman–Crippen LogP) is 0.698. The Kier molecular flexibility index (Phi) is 1.22. The van der Waals surface area contributed by atoms with Crippen LogP contribution in [-0.4, -0.2) is 9.78 Å². The highest BCUT2D eigenvalue weighted by Crippen LogP contribution is 2.12. The van der Waals surface area contributed by atoms with Crippen molar-refractivity contribution in [3.8, 4) is 5.88 Å². The normalized spacial score (nSPS) is 9.50. The fourth-order valence-corrected chi connectivity index (χ4v) is 1.07. The first-order valence-electron chi connectivity index (χ1n) is 1.86. The van der Waals surface area contributed by atoms with Crippen LogP contribution in [0.3, 0.4) is 0 Å². The Morgan fingerprint density at radius 3 is 2.62 bits per heavy atom. The van der Waals surface area contributed by atoms with Crippen LogP contribution < -0.4 is 5.84 Å². The van der Waals surface area contributed by atoms with Gasteiger partial charge in [0.2, 0.25) is 5.88 Å². The third-order valence-electron chi connectivity index (χ3n) is 0.709. The molecule has 0 spiro atoms. The minimum Gasteiger partial charge on any atom is -0.493 e. The number of hydrogen-bond acceptors (Lipinski definition) is 4. The molecule has 1 heterocycles. The van der Waals surface area contributed by atoms with Gasteiger partial charge in [-0.2, -0.15) is 0 Å². The van der Waals surface area contributed by atoms with Crippen molar-refractivity contribution in [2.24, 2.45) is 0 Å². The van der Waals surface area contributed by atoms with Crippen molar-refractivity contribution in [1.82, 2.24) is 4.68 Å². The summed E-state index contributed by atoms with van der Waals surface area (Å²) in [7, 11) is 0. The highest BCUT2D eigenvalue weighted by molar-refractivity contribution is 7.73. The van der Waals surface area contributed by atoms with Crippen LogP contribution in [0.2, 0.25) is 0 Å². The molecule has 0 amide bonds. The van der Waals surface area contributed by atoms with Gasteiger partial charge in [0, 0.05) is 0 Å². The van der Waals surface area contributed by atoms with E-state index in [1.54, 1.807) is 0 Å². The number of aromatic hydroxyl groups is 1. The van der Waals surface area contributed by atoms with E-state index in [9.17, 15) is 0 Å². The summed E-state index contributed by atoms with van der Waals surface area (Å²) in [4.78, 5) is 0. The van der Waals surface area contributed by atoms with Crippen LogP contribution in [0.4, 0.5) is 0 Å². The zero-order chi connectivity index (χ0) is 6.15.